The average molecular weight is 394 g/mol. The number of halogens is 3. The van der Waals surface area contributed by atoms with Crippen molar-refractivity contribution in [3.8, 4) is 0 Å². The Morgan fingerprint density at radius 3 is 2.58 bits per heavy atom. The zero-order chi connectivity index (χ0) is 17.4. The van der Waals surface area contributed by atoms with Crippen LogP contribution in [0.5, 0.6) is 0 Å². The van der Waals surface area contributed by atoms with E-state index >= 15 is 0 Å². The predicted molar refractivity (Wildman–Crippen MR) is 88.3 cm³/mol. The standard InChI is InChI=1S/C17H10BrF2NO3/c18-10-2-1-9(14(20)5-10)7-21-8-13(17(23)24)16(22)12-6-11(19)3-4-15(12)21/h1-6,8H,7H2,(H,23,24). The maximum atomic E-state index is 14.1. The number of carbonyl (C=O) groups is 1. The number of rotatable bonds is 3. The molecular formula is C17H10BrF2NO3. The maximum absolute atomic E-state index is 14.1. The Labute approximate surface area is 143 Å². The maximum Gasteiger partial charge on any atom is 0.341 e. The molecule has 0 fully saturated rings. The molecule has 0 bridgehead atoms. The Hall–Kier alpha value is -2.54. The van der Waals surface area contributed by atoms with Crippen molar-refractivity contribution in [1.82, 2.24) is 4.57 Å². The summed E-state index contributed by atoms with van der Waals surface area (Å²) < 4.78 is 29.5. The number of fused-ring (bicyclic) bond motifs is 1. The zero-order valence-corrected chi connectivity index (χ0v) is 13.7. The first-order chi connectivity index (χ1) is 11.4. The minimum Gasteiger partial charge on any atom is -0.477 e. The number of aromatic carboxylic acids is 1. The van der Waals surface area contributed by atoms with Crippen molar-refractivity contribution in [3.63, 3.8) is 0 Å². The molecule has 0 saturated carbocycles. The highest BCUT2D eigenvalue weighted by Gasteiger charge is 2.16. The SMILES string of the molecule is O=C(O)c1cn(Cc2ccc(Br)cc2F)c2ccc(F)cc2c1=O. The number of hydrogen-bond acceptors (Lipinski definition) is 2. The van der Waals surface area contributed by atoms with Gasteiger partial charge in [-0.25, -0.2) is 13.6 Å². The van der Waals surface area contributed by atoms with Crippen LogP contribution >= 0.6 is 15.9 Å². The molecule has 0 aliphatic carbocycles. The van der Waals surface area contributed by atoms with Gasteiger partial charge in [-0.1, -0.05) is 22.0 Å². The van der Waals surface area contributed by atoms with Crippen LogP contribution in [0.25, 0.3) is 10.9 Å². The lowest BCUT2D eigenvalue weighted by molar-refractivity contribution is 0.0695. The third kappa shape index (κ3) is 2.94. The van der Waals surface area contributed by atoms with Crippen LogP contribution in [0.1, 0.15) is 15.9 Å². The van der Waals surface area contributed by atoms with Crippen molar-refractivity contribution in [2.45, 2.75) is 6.54 Å². The Balaban J connectivity index is 2.25. The fraction of sp³-hybridized carbons (Fsp3) is 0.0588. The summed E-state index contributed by atoms with van der Waals surface area (Å²) in [4.78, 5) is 23.5. The van der Waals surface area contributed by atoms with Crippen LogP contribution in [-0.2, 0) is 6.54 Å². The number of carboxylic acids is 1. The minimum absolute atomic E-state index is 0.00179. The summed E-state index contributed by atoms with van der Waals surface area (Å²) in [5.41, 5.74) is -0.632. The van der Waals surface area contributed by atoms with Crippen molar-refractivity contribution >= 4 is 32.8 Å². The van der Waals surface area contributed by atoms with Crippen molar-refractivity contribution in [3.05, 3.63) is 80.1 Å². The summed E-state index contributed by atoms with van der Waals surface area (Å²) in [6, 6.07) is 8.01. The quantitative estimate of drug-likeness (QED) is 0.736. The molecule has 0 aliphatic rings. The van der Waals surface area contributed by atoms with E-state index in [2.05, 4.69) is 15.9 Å². The van der Waals surface area contributed by atoms with Gasteiger partial charge in [-0.05, 0) is 30.3 Å². The van der Waals surface area contributed by atoms with Gasteiger partial charge >= 0.3 is 5.97 Å². The van der Waals surface area contributed by atoms with Crippen LogP contribution < -0.4 is 5.43 Å². The van der Waals surface area contributed by atoms with E-state index in [9.17, 15) is 23.5 Å². The van der Waals surface area contributed by atoms with Gasteiger partial charge in [0.25, 0.3) is 0 Å². The minimum atomic E-state index is -1.42. The summed E-state index contributed by atoms with van der Waals surface area (Å²) in [6.45, 7) is 0.00179. The summed E-state index contributed by atoms with van der Waals surface area (Å²) in [6.07, 6.45) is 1.15. The molecule has 3 aromatic rings. The molecule has 0 atom stereocenters. The lowest BCUT2D eigenvalue weighted by atomic mass is 10.1. The lowest BCUT2D eigenvalue weighted by Gasteiger charge is -2.13. The zero-order valence-electron chi connectivity index (χ0n) is 12.1. The Morgan fingerprint density at radius 2 is 1.92 bits per heavy atom. The van der Waals surface area contributed by atoms with E-state index in [0.29, 0.717) is 15.6 Å². The predicted octanol–water partition coefficient (Wildman–Crippen LogP) is 3.79. The van der Waals surface area contributed by atoms with Gasteiger partial charge < -0.3 is 9.67 Å². The molecule has 1 heterocycles. The smallest absolute Gasteiger partial charge is 0.341 e. The van der Waals surface area contributed by atoms with Crippen LogP contribution in [0.15, 0.2) is 51.9 Å². The van der Waals surface area contributed by atoms with Crippen molar-refractivity contribution in [2.75, 3.05) is 0 Å². The first-order valence-electron chi connectivity index (χ1n) is 6.87. The Kier molecular flexibility index (Phi) is 4.19. The van der Waals surface area contributed by atoms with Crippen LogP contribution in [-0.4, -0.2) is 15.6 Å². The van der Waals surface area contributed by atoms with E-state index in [1.54, 1.807) is 12.1 Å². The van der Waals surface area contributed by atoms with Crippen LogP contribution in [0.3, 0.4) is 0 Å². The number of benzene rings is 2. The Morgan fingerprint density at radius 1 is 1.17 bits per heavy atom. The molecule has 0 unspecified atom stereocenters. The molecular weight excluding hydrogens is 384 g/mol. The topological polar surface area (TPSA) is 59.3 Å². The molecule has 3 rings (SSSR count). The monoisotopic (exact) mass is 393 g/mol. The van der Waals surface area contributed by atoms with Crippen LogP contribution in [0.2, 0.25) is 0 Å². The third-order valence-electron chi connectivity index (χ3n) is 3.63. The fourth-order valence-corrected chi connectivity index (χ4v) is 2.82. The van der Waals surface area contributed by atoms with Gasteiger partial charge in [0.15, 0.2) is 0 Å². The molecule has 24 heavy (non-hydrogen) atoms. The van der Waals surface area contributed by atoms with E-state index in [-0.39, 0.29) is 11.9 Å². The molecule has 1 aromatic heterocycles. The number of carboxylic acid groups (broad SMARTS) is 1. The van der Waals surface area contributed by atoms with Gasteiger partial charge in [0.05, 0.1) is 12.1 Å². The normalized spacial score (nSPS) is 11.0. The molecule has 122 valence electrons. The highest BCUT2D eigenvalue weighted by Crippen LogP contribution is 2.19. The highest BCUT2D eigenvalue weighted by atomic mass is 79.9. The number of hydrogen-bond donors (Lipinski definition) is 1. The van der Waals surface area contributed by atoms with Crippen molar-refractivity contribution in [2.24, 2.45) is 0 Å². The fourth-order valence-electron chi connectivity index (χ4n) is 2.49. The van der Waals surface area contributed by atoms with Crippen LogP contribution in [0, 0.1) is 11.6 Å². The number of aromatic nitrogens is 1. The van der Waals surface area contributed by atoms with Gasteiger partial charge in [-0.3, -0.25) is 4.79 Å². The van der Waals surface area contributed by atoms with Gasteiger partial charge in [0.1, 0.15) is 17.2 Å². The summed E-state index contributed by atoms with van der Waals surface area (Å²) in [5.74, 6) is -2.55. The molecule has 0 saturated heterocycles. The number of nitrogens with zero attached hydrogens (tertiary/aromatic N) is 1. The molecule has 0 aliphatic heterocycles. The van der Waals surface area contributed by atoms with Gasteiger partial charge in [0.2, 0.25) is 5.43 Å². The first kappa shape index (κ1) is 16.3. The van der Waals surface area contributed by atoms with E-state index < -0.39 is 28.6 Å². The third-order valence-corrected chi connectivity index (χ3v) is 4.12. The lowest BCUT2D eigenvalue weighted by Crippen LogP contribution is -2.19. The molecule has 0 amide bonds. The molecule has 2 aromatic carbocycles. The van der Waals surface area contributed by atoms with E-state index in [4.69, 9.17) is 0 Å². The molecule has 4 nitrogen and oxygen atoms in total. The van der Waals surface area contributed by atoms with Gasteiger partial charge in [0, 0.05) is 21.6 Å². The molecule has 7 heteroatoms. The average Bonchev–Trinajstić information content (AvgIpc) is 2.52. The Bertz CT molecular complexity index is 1030. The van der Waals surface area contributed by atoms with Crippen molar-refractivity contribution in [1.29, 1.82) is 0 Å². The summed E-state index contributed by atoms with van der Waals surface area (Å²) >= 11 is 3.16. The van der Waals surface area contributed by atoms with Gasteiger partial charge in [-0.2, -0.15) is 0 Å². The second-order valence-electron chi connectivity index (χ2n) is 5.20. The summed E-state index contributed by atoms with van der Waals surface area (Å²) in [7, 11) is 0. The highest BCUT2D eigenvalue weighted by molar-refractivity contribution is 9.10. The number of pyridine rings is 1. The van der Waals surface area contributed by atoms with E-state index in [0.717, 1.165) is 18.3 Å². The van der Waals surface area contributed by atoms with E-state index in [1.165, 1.54) is 16.7 Å². The molecule has 1 N–H and O–H groups in total. The van der Waals surface area contributed by atoms with Crippen LogP contribution in [0.4, 0.5) is 8.78 Å². The van der Waals surface area contributed by atoms with Gasteiger partial charge in [-0.15, -0.1) is 0 Å². The second kappa shape index (κ2) is 6.16. The second-order valence-corrected chi connectivity index (χ2v) is 6.12. The molecule has 0 radical (unpaired) electrons. The van der Waals surface area contributed by atoms with E-state index in [1.807, 2.05) is 0 Å². The van der Waals surface area contributed by atoms with Crippen molar-refractivity contribution < 1.29 is 18.7 Å². The molecule has 0 spiro atoms. The largest absolute Gasteiger partial charge is 0.477 e. The first-order valence-corrected chi connectivity index (χ1v) is 7.66. The summed E-state index contributed by atoms with van der Waals surface area (Å²) in [5, 5.41) is 9.13.